The molecule has 3 aliphatic rings. The minimum absolute atomic E-state index is 0.0679. The molecule has 0 spiro atoms. The van der Waals surface area contributed by atoms with Crippen LogP contribution in [0.4, 0.5) is 5.82 Å². The molecule has 4 N–H and O–H groups in total. The first-order valence-corrected chi connectivity index (χ1v) is 12.0. The summed E-state index contributed by atoms with van der Waals surface area (Å²) in [6.07, 6.45) is 12.5. The maximum atomic E-state index is 12.9. The van der Waals surface area contributed by atoms with Gasteiger partial charge < -0.3 is 16.2 Å². The summed E-state index contributed by atoms with van der Waals surface area (Å²) in [6.45, 7) is 2.85. The number of nitrogens with zero attached hydrogens (tertiary/aromatic N) is 2. The van der Waals surface area contributed by atoms with Crippen LogP contribution < -0.4 is 11.1 Å². The number of anilines is 1. The molecule has 2 atom stereocenters. The molecular formula is C27H32N4O2. The standard InChI is InChI=1S/C27H32N4O2/c1-2-13-31-16-21-11-12-27(21,17-31)20-5-3-18(4-6-20)19-14-24(25(28)29-15-19)26(33)30-22-7-9-23(32)10-8-22/h1,3-6,14-15,21-23,32H,7-13,16-17H2,(H2,28,29)(H,30,33)/t21-,22-,23-,27+/m1/s1. The third kappa shape index (κ3) is 4.12. The van der Waals surface area contributed by atoms with E-state index in [-0.39, 0.29) is 29.3 Å². The maximum absolute atomic E-state index is 12.9. The van der Waals surface area contributed by atoms with Crippen molar-refractivity contribution in [3.63, 3.8) is 0 Å². The summed E-state index contributed by atoms with van der Waals surface area (Å²) in [6, 6.07) is 10.6. The number of benzene rings is 1. The zero-order valence-corrected chi connectivity index (χ0v) is 19.0. The molecule has 1 aromatic heterocycles. The zero-order chi connectivity index (χ0) is 23.0. The van der Waals surface area contributed by atoms with Crippen LogP contribution >= 0.6 is 0 Å². The predicted octanol–water partition coefficient (Wildman–Crippen LogP) is 2.96. The lowest BCUT2D eigenvalue weighted by atomic mass is 9.58. The molecule has 3 fully saturated rings. The minimum Gasteiger partial charge on any atom is -0.393 e. The number of aliphatic hydroxyl groups is 1. The van der Waals surface area contributed by atoms with Gasteiger partial charge in [-0.15, -0.1) is 6.42 Å². The third-order valence-electron chi connectivity index (χ3n) is 8.01. The topological polar surface area (TPSA) is 91.5 Å². The van der Waals surface area contributed by atoms with Crippen molar-refractivity contribution in [3.8, 4) is 23.5 Å². The van der Waals surface area contributed by atoms with Crippen molar-refractivity contribution in [2.24, 2.45) is 5.92 Å². The Hall–Kier alpha value is -2.88. The lowest BCUT2D eigenvalue weighted by Crippen LogP contribution is -2.43. The molecule has 1 amide bonds. The van der Waals surface area contributed by atoms with Crippen molar-refractivity contribution in [3.05, 3.63) is 47.7 Å². The van der Waals surface area contributed by atoms with Crippen molar-refractivity contribution in [1.82, 2.24) is 15.2 Å². The fourth-order valence-corrected chi connectivity index (χ4v) is 5.96. The number of aromatic nitrogens is 1. The molecule has 6 heteroatoms. The molecule has 1 saturated heterocycles. The summed E-state index contributed by atoms with van der Waals surface area (Å²) in [5.74, 6) is 3.51. The van der Waals surface area contributed by atoms with Gasteiger partial charge in [0.05, 0.1) is 18.2 Å². The zero-order valence-electron chi connectivity index (χ0n) is 19.0. The minimum atomic E-state index is -0.254. The van der Waals surface area contributed by atoms with E-state index < -0.39 is 0 Å². The van der Waals surface area contributed by atoms with Crippen molar-refractivity contribution >= 4 is 11.7 Å². The van der Waals surface area contributed by atoms with E-state index in [2.05, 4.69) is 45.4 Å². The number of hydrogen-bond acceptors (Lipinski definition) is 5. The van der Waals surface area contributed by atoms with E-state index in [0.717, 1.165) is 43.6 Å². The number of nitrogens with two attached hydrogens (primary N) is 1. The summed E-state index contributed by atoms with van der Waals surface area (Å²) in [7, 11) is 0. The Morgan fingerprint density at radius 2 is 1.97 bits per heavy atom. The number of likely N-dealkylation sites (tertiary alicyclic amines) is 1. The van der Waals surface area contributed by atoms with E-state index in [9.17, 15) is 9.90 Å². The molecule has 2 saturated carbocycles. The van der Waals surface area contributed by atoms with E-state index in [4.69, 9.17) is 12.2 Å². The molecule has 0 unspecified atom stereocenters. The predicted molar refractivity (Wildman–Crippen MR) is 129 cm³/mol. The van der Waals surface area contributed by atoms with Gasteiger partial charge in [0.2, 0.25) is 0 Å². The number of hydrogen-bond donors (Lipinski definition) is 3. The summed E-state index contributed by atoms with van der Waals surface area (Å²) >= 11 is 0. The van der Waals surface area contributed by atoms with Gasteiger partial charge in [0.25, 0.3) is 5.91 Å². The maximum Gasteiger partial charge on any atom is 0.255 e. The van der Waals surface area contributed by atoms with Gasteiger partial charge in [0, 0.05) is 36.3 Å². The van der Waals surface area contributed by atoms with Crippen LogP contribution in [0.15, 0.2) is 36.5 Å². The van der Waals surface area contributed by atoms with Crippen LogP contribution in [0.3, 0.4) is 0 Å². The smallest absolute Gasteiger partial charge is 0.255 e. The first kappa shape index (κ1) is 21.9. The van der Waals surface area contributed by atoms with Crippen molar-refractivity contribution in [2.75, 3.05) is 25.4 Å². The van der Waals surface area contributed by atoms with Gasteiger partial charge in [0.15, 0.2) is 0 Å². The second-order valence-corrected chi connectivity index (χ2v) is 9.98. The summed E-state index contributed by atoms with van der Waals surface area (Å²) in [5, 5.41) is 12.8. The van der Waals surface area contributed by atoms with Crippen LogP contribution in [0.5, 0.6) is 0 Å². The quantitative estimate of drug-likeness (QED) is 0.617. The fourth-order valence-electron chi connectivity index (χ4n) is 5.96. The van der Waals surface area contributed by atoms with Crippen LogP contribution in [0, 0.1) is 18.3 Å². The lowest BCUT2D eigenvalue weighted by molar-refractivity contribution is 0.0868. The van der Waals surface area contributed by atoms with Gasteiger partial charge >= 0.3 is 0 Å². The molecule has 5 rings (SSSR count). The Morgan fingerprint density at radius 1 is 1.21 bits per heavy atom. The number of nitrogens with one attached hydrogen (secondary N) is 1. The van der Waals surface area contributed by atoms with Gasteiger partial charge in [0.1, 0.15) is 5.82 Å². The average molecular weight is 445 g/mol. The Morgan fingerprint density at radius 3 is 2.64 bits per heavy atom. The Balaban J connectivity index is 1.32. The Bertz CT molecular complexity index is 1070. The van der Waals surface area contributed by atoms with E-state index in [1.54, 1.807) is 6.20 Å². The molecular weight excluding hydrogens is 412 g/mol. The molecule has 2 aromatic rings. The number of aliphatic hydroxyl groups excluding tert-OH is 1. The molecule has 1 aromatic carbocycles. The number of carbonyl (C=O) groups is 1. The number of fused-ring (bicyclic) bond motifs is 1. The SMILES string of the molecule is C#CCN1C[C@H]2CC[C@@]2(c2ccc(-c3cnc(N)c(C(=O)N[C@H]4CC[C@H](O)CC4)c3)cc2)C1. The Labute approximate surface area is 195 Å². The largest absolute Gasteiger partial charge is 0.393 e. The number of rotatable bonds is 5. The number of amides is 1. The first-order chi connectivity index (χ1) is 16.0. The Kier molecular flexibility index (Phi) is 5.86. The van der Waals surface area contributed by atoms with Gasteiger partial charge in [-0.25, -0.2) is 4.98 Å². The summed E-state index contributed by atoms with van der Waals surface area (Å²) in [4.78, 5) is 19.6. The van der Waals surface area contributed by atoms with E-state index in [0.29, 0.717) is 24.3 Å². The number of nitrogen functional groups attached to an aromatic ring is 1. The van der Waals surface area contributed by atoms with Crippen LogP contribution in [0.25, 0.3) is 11.1 Å². The van der Waals surface area contributed by atoms with Crippen LogP contribution in [0.2, 0.25) is 0 Å². The van der Waals surface area contributed by atoms with Gasteiger partial charge in [-0.1, -0.05) is 30.2 Å². The molecule has 1 aliphatic heterocycles. The molecule has 2 heterocycles. The lowest BCUT2D eigenvalue weighted by Gasteiger charge is -2.45. The van der Waals surface area contributed by atoms with Crippen LogP contribution in [-0.4, -0.2) is 52.7 Å². The van der Waals surface area contributed by atoms with E-state index in [1.165, 1.54) is 18.4 Å². The van der Waals surface area contributed by atoms with Crippen molar-refractivity contribution in [1.29, 1.82) is 0 Å². The third-order valence-corrected chi connectivity index (χ3v) is 8.01. The highest BCUT2D eigenvalue weighted by atomic mass is 16.3. The molecule has 0 bridgehead atoms. The monoisotopic (exact) mass is 444 g/mol. The van der Waals surface area contributed by atoms with E-state index >= 15 is 0 Å². The second-order valence-electron chi connectivity index (χ2n) is 9.98. The first-order valence-electron chi connectivity index (χ1n) is 12.0. The highest BCUT2D eigenvalue weighted by Gasteiger charge is 2.53. The molecule has 33 heavy (non-hydrogen) atoms. The van der Waals surface area contributed by atoms with E-state index in [1.807, 2.05) is 6.07 Å². The highest BCUT2D eigenvalue weighted by Crippen LogP contribution is 2.53. The highest BCUT2D eigenvalue weighted by molar-refractivity contribution is 5.99. The number of pyridine rings is 1. The fraction of sp³-hybridized carbons (Fsp3) is 0.481. The second kappa shape index (κ2) is 8.81. The average Bonchev–Trinajstić information content (AvgIpc) is 3.06. The molecule has 172 valence electrons. The van der Waals surface area contributed by atoms with Gasteiger partial charge in [-0.3, -0.25) is 9.69 Å². The van der Waals surface area contributed by atoms with Crippen LogP contribution in [-0.2, 0) is 5.41 Å². The molecule has 2 aliphatic carbocycles. The molecule has 6 nitrogen and oxygen atoms in total. The van der Waals surface area contributed by atoms with Gasteiger partial charge in [-0.2, -0.15) is 0 Å². The summed E-state index contributed by atoms with van der Waals surface area (Å²) in [5.41, 5.74) is 9.96. The van der Waals surface area contributed by atoms with Gasteiger partial charge in [-0.05, 0) is 61.6 Å². The summed E-state index contributed by atoms with van der Waals surface area (Å²) < 4.78 is 0. The molecule has 0 radical (unpaired) electrons. The number of terminal acetylenes is 1. The van der Waals surface area contributed by atoms with Crippen LogP contribution in [0.1, 0.15) is 54.4 Å². The van der Waals surface area contributed by atoms with Crippen molar-refractivity contribution in [2.45, 2.75) is 56.1 Å². The normalized spacial score (nSPS) is 29.0. The van der Waals surface area contributed by atoms with Crippen molar-refractivity contribution < 1.29 is 9.90 Å². The number of carbonyl (C=O) groups excluding carboxylic acids is 1.